The standard InChI is InChI=1S/C14H11BrF3NO5/c1-13(2)23-11(20)8(12(21)24-13)6-19-9-5-7(15)3-4-10(9)22-14(16,17)18/h3-6,19H,1-2H3. The lowest BCUT2D eigenvalue weighted by Gasteiger charge is -2.29. The molecule has 0 bridgehead atoms. The van der Waals surface area contributed by atoms with Gasteiger partial charge in [0.1, 0.15) is 0 Å². The number of anilines is 1. The Labute approximate surface area is 142 Å². The molecule has 1 saturated heterocycles. The molecule has 0 radical (unpaired) electrons. The molecular weight excluding hydrogens is 399 g/mol. The van der Waals surface area contributed by atoms with Gasteiger partial charge in [0.2, 0.25) is 0 Å². The van der Waals surface area contributed by atoms with Gasteiger partial charge in [0.05, 0.1) is 5.69 Å². The molecule has 0 unspecified atom stereocenters. The Morgan fingerprint density at radius 2 is 1.79 bits per heavy atom. The van der Waals surface area contributed by atoms with Gasteiger partial charge in [-0.25, -0.2) is 9.59 Å². The number of esters is 2. The quantitative estimate of drug-likeness (QED) is 0.468. The maximum atomic E-state index is 12.4. The van der Waals surface area contributed by atoms with Crippen molar-refractivity contribution in [1.29, 1.82) is 0 Å². The molecule has 1 N–H and O–H groups in total. The van der Waals surface area contributed by atoms with Crippen LogP contribution in [-0.4, -0.2) is 24.1 Å². The molecule has 0 spiro atoms. The second-order valence-electron chi connectivity index (χ2n) is 5.07. The third kappa shape index (κ3) is 4.63. The summed E-state index contributed by atoms with van der Waals surface area (Å²) in [6.45, 7) is 2.74. The summed E-state index contributed by atoms with van der Waals surface area (Å²) in [6.07, 6.45) is -4.00. The lowest BCUT2D eigenvalue weighted by molar-refractivity contribution is -0.274. The smallest absolute Gasteiger partial charge is 0.419 e. The number of nitrogens with one attached hydrogen (secondary N) is 1. The van der Waals surface area contributed by atoms with E-state index in [1.807, 2.05) is 0 Å². The number of hydrogen-bond acceptors (Lipinski definition) is 6. The maximum Gasteiger partial charge on any atom is 0.573 e. The van der Waals surface area contributed by atoms with E-state index in [0.29, 0.717) is 4.47 Å². The van der Waals surface area contributed by atoms with Crippen LogP contribution in [0.3, 0.4) is 0 Å². The van der Waals surface area contributed by atoms with E-state index in [2.05, 4.69) is 26.0 Å². The van der Waals surface area contributed by atoms with Gasteiger partial charge >= 0.3 is 18.3 Å². The van der Waals surface area contributed by atoms with Gasteiger partial charge in [0.25, 0.3) is 5.79 Å². The Bertz CT molecular complexity index is 693. The topological polar surface area (TPSA) is 73.9 Å². The molecule has 130 valence electrons. The van der Waals surface area contributed by atoms with Gasteiger partial charge in [-0.05, 0) is 18.2 Å². The van der Waals surface area contributed by atoms with Gasteiger partial charge in [-0.3, -0.25) is 0 Å². The van der Waals surface area contributed by atoms with Crippen LogP contribution in [0.5, 0.6) is 5.75 Å². The van der Waals surface area contributed by atoms with Crippen molar-refractivity contribution in [3.63, 3.8) is 0 Å². The molecule has 0 amide bonds. The number of ether oxygens (including phenoxy) is 3. The van der Waals surface area contributed by atoms with Crippen molar-refractivity contribution in [3.8, 4) is 5.75 Å². The van der Waals surface area contributed by atoms with Crippen LogP contribution in [0.2, 0.25) is 0 Å². The van der Waals surface area contributed by atoms with E-state index in [9.17, 15) is 22.8 Å². The molecule has 0 atom stereocenters. The summed E-state index contributed by atoms with van der Waals surface area (Å²) in [7, 11) is 0. The largest absolute Gasteiger partial charge is 0.573 e. The first-order chi connectivity index (χ1) is 11.0. The van der Waals surface area contributed by atoms with Crippen LogP contribution in [-0.2, 0) is 19.1 Å². The summed E-state index contributed by atoms with van der Waals surface area (Å²) < 4.78 is 51.3. The molecule has 1 aliphatic rings. The number of halogens is 4. The van der Waals surface area contributed by atoms with E-state index in [1.54, 1.807) is 0 Å². The van der Waals surface area contributed by atoms with Crippen molar-refractivity contribution in [2.24, 2.45) is 0 Å². The predicted molar refractivity (Wildman–Crippen MR) is 78.8 cm³/mol. The Morgan fingerprint density at radius 1 is 1.21 bits per heavy atom. The molecule has 6 nitrogen and oxygen atoms in total. The second kappa shape index (κ2) is 6.34. The first-order valence-electron chi connectivity index (χ1n) is 6.45. The fraction of sp³-hybridized carbons (Fsp3) is 0.286. The molecule has 2 rings (SSSR count). The van der Waals surface area contributed by atoms with Crippen LogP contribution in [0.15, 0.2) is 34.4 Å². The first-order valence-corrected chi connectivity index (χ1v) is 7.25. The van der Waals surface area contributed by atoms with Gasteiger partial charge in [-0.2, -0.15) is 0 Å². The van der Waals surface area contributed by atoms with Crippen molar-refractivity contribution < 1.29 is 37.0 Å². The zero-order valence-electron chi connectivity index (χ0n) is 12.4. The Balaban J connectivity index is 2.26. The number of carbonyl (C=O) groups is 2. The monoisotopic (exact) mass is 409 g/mol. The zero-order chi connectivity index (χ0) is 18.1. The number of carbonyl (C=O) groups excluding carboxylic acids is 2. The molecule has 24 heavy (non-hydrogen) atoms. The summed E-state index contributed by atoms with van der Waals surface area (Å²) in [5.41, 5.74) is -0.619. The molecule has 1 aliphatic heterocycles. The average Bonchev–Trinajstić information content (AvgIpc) is 2.37. The SMILES string of the molecule is CC1(C)OC(=O)C(=CNc2cc(Br)ccc2OC(F)(F)F)C(=O)O1. The minimum absolute atomic E-state index is 0.125. The normalized spacial score (nSPS) is 17.0. The van der Waals surface area contributed by atoms with Gasteiger partial charge in [0.15, 0.2) is 11.3 Å². The van der Waals surface area contributed by atoms with E-state index >= 15 is 0 Å². The van der Waals surface area contributed by atoms with E-state index in [0.717, 1.165) is 12.3 Å². The fourth-order valence-electron chi connectivity index (χ4n) is 1.76. The highest BCUT2D eigenvalue weighted by molar-refractivity contribution is 9.10. The maximum absolute atomic E-state index is 12.4. The molecule has 1 fully saturated rings. The fourth-order valence-corrected chi connectivity index (χ4v) is 2.12. The molecule has 0 aromatic heterocycles. The van der Waals surface area contributed by atoms with E-state index < -0.39 is 35.4 Å². The van der Waals surface area contributed by atoms with Crippen molar-refractivity contribution in [1.82, 2.24) is 0 Å². The number of benzene rings is 1. The van der Waals surface area contributed by atoms with E-state index in [-0.39, 0.29) is 5.69 Å². The number of hydrogen-bond donors (Lipinski definition) is 1. The second-order valence-corrected chi connectivity index (χ2v) is 5.99. The summed E-state index contributed by atoms with van der Waals surface area (Å²) >= 11 is 3.10. The van der Waals surface area contributed by atoms with Crippen molar-refractivity contribution in [2.45, 2.75) is 26.0 Å². The van der Waals surface area contributed by atoms with Crippen LogP contribution in [0, 0.1) is 0 Å². The molecule has 0 saturated carbocycles. The van der Waals surface area contributed by atoms with Gasteiger partial charge in [0, 0.05) is 24.5 Å². The Hall–Kier alpha value is -2.23. The molecule has 10 heteroatoms. The summed E-state index contributed by atoms with van der Waals surface area (Å²) in [5, 5.41) is 2.42. The third-order valence-corrected chi connectivity index (χ3v) is 3.15. The minimum Gasteiger partial charge on any atom is -0.419 e. The van der Waals surface area contributed by atoms with Crippen LogP contribution in [0.1, 0.15) is 13.8 Å². The zero-order valence-corrected chi connectivity index (χ0v) is 13.9. The van der Waals surface area contributed by atoms with Crippen molar-refractivity contribution >= 4 is 33.6 Å². The highest BCUT2D eigenvalue weighted by Gasteiger charge is 2.39. The Morgan fingerprint density at radius 3 is 2.33 bits per heavy atom. The number of rotatable bonds is 3. The number of alkyl halides is 3. The van der Waals surface area contributed by atoms with E-state index in [1.165, 1.54) is 26.0 Å². The highest BCUT2D eigenvalue weighted by Crippen LogP contribution is 2.33. The van der Waals surface area contributed by atoms with Gasteiger partial charge in [-0.1, -0.05) is 15.9 Å². The van der Waals surface area contributed by atoms with Crippen LogP contribution < -0.4 is 10.1 Å². The average molecular weight is 410 g/mol. The summed E-state index contributed by atoms with van der Waals surface area (Å²) in [4.78, 5) is 23.5. The molecule has 1 heterocycles. The predicted octanol–water partition coefficient (Wildman–Crippen LogP) is 3.48. The van der Waals surface area contributed by atoms with Crippen molar-refractivity contribution in [2.75, 3.05) is 5.32 Å². The minimum atomic E-state index is -4.90. The lowest BCUT2D eigenvalue weighted by Crippen LogP contribution is -2.42. The van der Waals surface area contributed by atoms with Crippen LogP contribution in [0.25, 0.3) is 0 Å². The Kier molecular flexibility index (Phi) is 4.79. The van der Waals surface area contributed by atoms with Crippen LogP contribution >= 0.6 is 15.9 Å². The lowest BCUT2D eigenvalue weighted by atomic mass is 10.2. The third-order valence-electron chi connectivity index (χ3n) is 2.66. The molecular formula is C14H11BrF3NO5. The van der Waals surface area contributed by atoms with Crippen LogP contribution in [0.4, 0.5) is 18.9 Å². The molecule has 0 aliphatic carbocycles. The molecule has 1 aromatic carbocycles. The summed E-state index contributed by atoms with van der Waals surface area (Å²) in [5.74, 6) is -3.87. The highest BCUT2D eigenvalue weighted by atomic mass is 79.9. The van der Waals surface area contributed by atoms with E-state index in [4.69, 9.17) is 9.47 Å². The number of cyclic esters (lactones) is 2. The summed E-state index contributed by atoms with van der Waals surface area (Å²) in [6, 6.07) is 3.69. The van der Waals surface area contributed by atoms with Gasteiger partial charge < -0.3 is 19.5 Å². The van der Waals surface area contributed by atoms with Gasteiger partial charge in [-0.15, -0.1) is 13.2 Å². The molecule has 1 aromatic rings. The first kappa shape index (κ1) is 18.1. The van der Waals surface area contributed by atoms with Crippen molar-refractivity contribution in [3.05, 3.63) is 34.4 Å².